The van der Waals surface area contributed by atoms with Crippen LogP contribution in [0.15, 0.2) is 18.2 Å². The highest BCUT2D eigenvalue weighted by Crippen LogP contribution is 2.24. The van der Waals surface area contributed by atoms with Crippen molar-refractivity contribution in [2.75, 3.05) is 24.5 Å². The number of carbonyl (C=O) groups excluding carboxylic acids is 2. The van der Waals surface area contributed by atoms with Gasteiger partial charge in [-0.25, -0.2) is 0 Å². The Hall–Kier alpha value is -1.55. The molecular formula is C16H23ClN2O2. The second-order valence-corrected chi connectivity index (χ2v) is 5.35. The van der Waals surface area contributed by atoms with E-state index in [0.29, 0.717) is 31.1 Å². The Balaban J connectivity index is 2.84. The standard InChI is InChI=1S/C16H23ClN2O2/c1-5-18(6-2)16(21)9-10-19(13(4)20)15-8-7-14(17)11-12(15)3/h7-8,11H,5-6,9-10H2,1-4H3. The summed E-state index contributed by atoms with van der Waals surface area (Å²) >= 11 is 5.94. The van der Waals surface area contributed by atoms with Crippen LogP contribution in [-0.2, 0) is 9.59 Å². The van der Waals surface area contributed by atoms with Crippen LogP contribution in [0.2, 0.25) is 5.02 Å². The summed E-state index contributed by atoms with van der Waals surface area (Å²) in [5.74, 6) is -0.00867. The number of nitrogens with zero attached hydrogens (tertiary/aromatic N) is 2. The van der Waals surface area contributed by atoms with E-state index < -0.39 is 0 Å². The molecule has 116 valence electrons. The van der Waals surface area contributed by atoms with E-state index >= 15 is 0 Å². The molecule has 21 heavy (non-hydrogen) atoms. The first-order valence-corrected chi connectivity index (χ1v) is 7.60. The Labute approximate surface area is 131 Å². The van der Waals surface area contributed by atoms with Gasteiger partial charge in [0, 0.05) is 43.7 Å². The molecule has 0 N–H and O–H groups in total. The Kier molecular flexibility index (Phi) is 6.69. The van der Waals surface area contributed by atoms with Crippen LogP contribution in [0.1, 0.15) is 32.8 Å². The molecule has 0 heterocycles. The molecule has 0 fully saturated rings. The normalized spacial score (nSPS) is 10.3. The van der Waals surface area contributed by atoms with Gasteiger partial charge >= 0.3 is 0 Å². The Morgan fingerprint density at radius 2 is 1.81 bits per heavy atom. The Bertz CT molecular complexity index is 513. The third-order valence-corrected chi connectivity index (χ3v) is 3.73. The molecule has 0 radical (unpaired) electrons. The van der Waals surface area contributed by atoms with Gasteiger partial charge in [0.1, 0.15) is 0 Å². The minimum atomic E-state index is -0.0761. The molecule has 5 heteroatoms. The summed E-state index contributed by atoms with van der Waals surface area (Å²) in [5.41, 5.74) is 1.73. The predicted octanol–water partition coefficient (Wildman–Crippen LogP) is 3.26. The zero-order valence-electron chi connectivity index (χ0n) is 13.1. The SMILES string of the molecule is CCN(CC)C(=O)CCN(C(C)=O)c1ccc(Cl)cc1C. The highest BCUT2D eigenvalue weighted by molar-refractivity contribution is 6.30. The first-order chi connectivity index (χ1) is 9.90. The molecule has 0 bridgehead atoms. The van der Waals surface area contributed by atoms with Crippen molar-refractivity contribution in [2.24, 2.45) is 0 Å². The molecule has 0 aliphatic heterocycles. The maximum Gasteiger partial charge on any atom is 0.224 e. The van der Waals surface area contributed by atoms with E-state index in [1.54, 1.807) is 15.9 Å². The highest BCUT2D eigenvalue weighted by atomic mass is 35.5. The fraction of sp³-hybridized carbons (Fsp3) is 0.500. The van der Waals surface area contributed by atoms with E-state index in [-0.39, 0.29) is 11.8 Å². The van der Waals surface area contributed by atoms with Crippen LogP contribution in [0.5, 0.6) is 0 Å². The van der Waals surface area contributed by atoms with Crippen molar-refractivity contribution in [3.8, 4) is 0 Å². The summed E-state index contributed by atoms with van der Waals surface area (Å²) in [4.78, 5) is 27.3. The number of amides is 2. The molecule has 0 saturated carbocycles. The quantitative estimate of drug-likeness (QED) is 0.809. The van der Waals surface area contributed by atoms with Crippen molar-refractivity contribution in [1.29, 1.82) is 0 Å². The van der Waals surface area contributed by atoms with Crippen LogP contribution >= 0.6 is 11.6 Å². The predicted molar refractivity (Wildman–Crippen MR) is 86.8 cm³/mol. The molecule has 0 unspecified atom stereocenters. The molecular weight excluding hydrogens is 288 g/mol. The molecule has 0 aromatic heterocycles. The van der Waals surface area contributed by atoms with Crippen LogP contribution in [0, 0.1) is 6.92 Å². The van der Waals surface area contributed by atoms with Gasteiger partial charge in [-0.3, -0.25) is 9.59 Å². The van der Waals surface area contributed by atoms with Gasteiger partial charge in [-0.05, 0) is 44.5 Å². The topological polar surface area (TPSA) is 40.6 Å². The zero-order chi connectivity index (χ0) is 16.0. The molecule has 0 saturated heterocycles. The minimum absolute atomic E-state index is 0.0675. The van der Waals surface area contributed by atoms with Crippen LogP contribution in [0.3, 0.4) is 0 Å². The summed E-state index contributed by atoms with van der Waals surface area (Å²) in [6.45, 7) is 9.08. The number of halogens is 1. The number of rotatable bonds is 6. The maximum atomic E-state index is 12.1. The monoisotopic (exact) mass is 310 g/mol. The van der Waals surface area contributed by atoms with E-state index in [0.717, 1.165) is 11.3 Å². The number of hydrogen-bond donors (Lipinski definition) is 0. The molecule has 0 atom stereocenters. The van der Waals surface area contributed by atoms with Crippen molar-refractivity contribution in [1.82, 2.24) is 4.90 Å². The number of anilines is 1. The van der Waals surface area contributed by atoms with Crippen molar-refractivity contribution in [3.05, 3.63) is 28.8 Å². The first kappa shape index (κ1) is 17.5. The van der Waals surface area contributed by atoms with Crippen molar-refractivity contribution >= 4 is 29.1 Å². The largest absolute Gasteiger partial charge is 0.343 e. The first-order valence-electron chi connectivity index (χ1n) is 7.22. The molecule has 0 aliphatic rings. The summed E-state index contributed by atoms with van der Waals surface area (Å²) in [6, 6.07) is 5.39. The number of carbonyl (C=O) groups is 2. The average Bonchev–Trinajstić information content (AvgIpc) is 2.42. The molecule has 1 rings (SSSR count). The van der Waals surface area contributed by atoms with Crippen molar-refractivity contribution in [3.63, 3.8) is 0 Å². The molecule has 0 spiro atoms. The lowest BCUT2D eigenvalue weighted by molar-refractivity contribution is -0.130. The van der Waals surface area contributed by atoms with Gasteiger partial charge in [-0.2, -0.15) is 0 Å². The van der Waals surface area contributed by atoms with E-state index in [9.17, 15) is 9.59 Å². The smallest absolute Gasteiger partial charge is 0.224 e. The molecule has 0 aliphatic carbocycles. The zero-order valence-corrected chi connectivity index (χ0v) is 13.9. The average molecular weight is 311 g/mol. The lowest BCUT2D eigenvalue weighted by Crippen LogP contribution is -2.36. The minimum Gasteiger partial charge on any atom is -0.343 e. The summed E-state index contributed by atoms with van der Waals surface area (Å²) in [5, 5.41) is 0.638. The fourth-order valence-electron chi connectivity index (χ4n) is 2.31. The van der Waals surface area contributed by atoms with E-state index in [2.05, 4.69) is 0 Å². The van der Waals surface area contributed by atoms with Crippen LogP contribution in [-0.4, -0.2) is 36.3 Å². The van der Waals surface area contributed by atoms with Gasteiger partial charge in [-0.1, -0.05) is 11.6 Å². The van der Waals surface area contributed by atoms with Gasteiger partial charge in [0.25, 0.3) is 0 Å². The Morgan fingerprint density at radius 3 is 2.29 bits per heavy atom. The van der Waals surface area contributed by atoms with E-state index in [1.165, 1.54) is 6.92 Å². The summed E-state index contributed by atoms with van der Waals surface area (Å²) in [7, 11) is 0. The molecule has 4 nitrogen and oxygen atoms in total. The van der Waals surface area contributed by atoms with E-state index in [4.69, 9.17) is 11.6 Å². The van der Waals surface area contributed by atoms with Gasteiger partial charge < -0.3 is 9.80 Å². The van der Waals surface area contributed by atoms with Gasteiger partial charge in [0.2, 0.25) is 11.8 Å². The molecule has 1 aromatic carbocycles. The molecule has 1 aromatic rings. The summed E-state index contributed by atoms with van der Waals surface area (Å²) in [6.07, 6.45) is 0.323. The van der Waals surface area contributed by atoms with Gasteiger partial charge in [0.05, 0.1) is 0 Å². The van der Waals surface area contributed by atoms with Crippen molar-refractivity contribution < 1.29 is 9.59 Å². The number of benzene rings is 1. The van der Waals surface area contributed by atoms with Gasteiger partial charge in [-0.15, -0.1) is 0 Å². The molecule has 2 amide bonds. The van der Waals surface area contributed by atoms with Crippen molar-refractivity contribution in [2.45, 2.75) is 34.1 Å². The lowest BCUT2D eigenvalue weighted by atomic mass is 10.1. The highest BCUT2D eigenvalue weighted by Gasteiger charge is 2.17. The summed E-state index contributed by atoms with van der Waals surface area (Å²) < 4.78 is 0. The lowest BCUT2D eigenvalue weighted by Gasteiger charge is -2.25. The fourth-order valence-corrected chi connectivity index (χ4v) is 2.54. The Morgan fingerprint density at radius 1 is 1.19 bits per heavy atom. The van der Waals surface area contributed by atoms with Gasteiger partial charge in [0.15, 0.2) is 0 Å². The second kappa shape index (κ2) is 8.03. The third kappa shape index (κ3) is 4.74. The van der Waals surface area contributed by atoms with E-state index in [1.807, 2.05) is 32.9 Å². The third-order valence-electron chi connectivity index (χ3n) is 3.50. The maximum absolute atomic E-state index is 12.1. The number of hydrogen-bond acceptors (Lipinski definition) is 2. The second-order valence-electron chi connectivity index (χ2n) is 4.92. The van der Waals surface area contributed by atoms with Crippen LogP contribution in [0.25, 0.3) is 0 Å². The number of aryl methyl sites for hydroxylation is 1. The van der Waals surface area contributed by atoms with Crippen LogP contribution in [0.4, 0.5) is 5.69 Å². The van der Waals surface area contributed by atoms with Crippen LogP contribution < -0.4 is 4.90 Å².